The van der Waals surface area contributed by atoms with Crippen molar-refractivity contribution in [2.75, 3.05) is 18.4 Å². The van der Waals surface area contributed by atoms with E-state index < -0.39 is 0 Å². The molecule has 27 heavy (non-hydrogen) atoms. The molecule has 1 aliphatic heterocycles. The summed E-state index contributed by atoms with van der Waals surface area (Å²) in [6, 6.07) is 10.4. The van der Waals surface area contributed by atoms with Crippen LogP contribution in [-0.4, -0.2) is 43.7 Å². The third-order valence-corrected chi connectivity index (χ3v) is 5.84. The maximum atomic E-state index is 4.74. The van der Waals surface area contributed by atoms with Crippen molar-refractivity contribution in [2.45, 2.75) is 18.9 Å². The first-order chi connectivity index (χ1) is 13.3. The lowest BCUT2D eigenvalue weighted by Gasteiger charge is -2.54. The first-order valence-corrected chi connectivity index (χ1v) is 9.32. The Morgan fingerprint density at radius 3 is 2.85 bits per heavy atom. The van der Waals surface area contributed by atoms with Crippen LogP contribution in [0.15, 0.2) is 48.9 Å². The van der Waals surface area contributed by atoms with Crippen molar-refractivity contribution in [3.05, 3.63) is 48.9 Å². The molecule has 4 aromatic heterocycles. The van der Waals surface area contributed by atoms with E-state index in [1.807, 2.05) is 47.2 Å². The Morgan fingerprint density at radius 1 is 1.07 bits per heavy atom. The summed E-state index contributed by atoms with van der Waals surface area (Å²) in [5.41, 5.74) is 5.20. The fourth-order valence-corrected chi connectivity index (χ4v) is 4.33. The fraction of sp³-hybridized carbons (Fsp3) is 0.300. The topological polar surface area (TPSA) is 80.0 Å². The Morgan fingerprint density at radius 2 is 2.00 bits per heavy atom. The summed E-state index contributed by atoms with van der Waals surface area (Å²) in [5, 5.41) is 11.5. The van der Waals surface area contributed by atoms with Crippen molar-refractivity contribution < 1.29 is 0 Å². The molecule has 1 saturated carbocycles. The molecule has 7 nitrogen and oxygen atoms in total. The quantitative estimate of drug-likeness (QED) is 0.586. The van der Waals surface area contributed by atoms with E-state index in [1.54, 1.807) is 6.20 Å². The van der Waals surface area contributed by atoms with Crippen molar-refractivity contribution in [2.24, 2.45) is 5.41 Å². The van der Waals surface area contributed by atoms with E-state index in [4.69, 9.17) is 4.98 Å². The zero-order valence-electron chi connectivity index (χ0n) is 14.8. The van der Waals surface area contributed by atoms with Crippen LogP contribution in [0, 0.1) is 5.41 Å². The molecule has 5 heterocycles. The average Bonchev–Trinajstić information content (AvgIpc) is 3.05. The number of fused-ring (bicyclic) bond motifs is 2. The largest absolute Gasteiger partial charge is 0.350 e. The standard InChI is InChI=1S/C20H19N7/c1-2-17-16(22-6-1)4-3-15(25-17)14-5-7-27-18(14)10-23-19(26-27)24-13-8-20(9-13)11-21-12-20/h1-7,10,13,21H,8-9,11-12H2,(H,24,26). The Hall–Kier alpha value is -3.06. The van der Waals surface area contributed by atoms with Crippen LogP contribution in [0.1, 0.15) is 12.8 Å². The second-order valence-corrected chi connectivity index (χ2v) is 7.73. The molecule has 1 aliphatic carbocycles. The third-order valence-electron chi connectivity index (χ3n) is 5.84. The van der Waals surface area contributed by atoms with Crippen LogP contribution >= 0.6 is 0 Å². The van der Waals surface area contributed by atoms with Gasteiger partial charge in [-0.05, 0) is 48.6 Å². The summed E-state index contributed by atoms with van der Waals surface area (Å²) >= 11 is 0. The minimum atomic E-state index is 0.481. The second-order valence-electron chi connectivity index (χ2n) is 7.73. The van der Waals surface area contributed by atoms with Crippen LogP contribution < -0.4 is 10.6 Å². The number of aromatic nitrogens is 5. The Labute approximate surface area is 155 Å². The third kappa shape index (κ3) is 2.39. The molecule has 6 rings (SSSR count). The first-order valence-electron chi connectivity index (χ1n) is 9.32. The van der Waals surface area contributed by atoms with Crippen LogP contribution in [0.25, 0.3) is 27.8 Å². The molecule has 0 unspecified atom stereocenters. The van der Waals surface area contributed by atoms with E-state index in [9.17, 15) is 0 Å². The lowest BCUT2D eigenvalue weighted by Crippen LogP contribution is -2.63. The van der Waals surface area contributed by atoms with Crippen molar-refractivity contribution in [3.8, 4) is 11.3 Å². The molecule has 4 aromatic rings. The molecule has 134 valence electrons. The van der Waals surface area contributed by atoms with Crippen molar-refractivity contribution in [3.63, 3.8) is 0 Å². The molecule has 0 atom stereocenters. The van der Waals surface area contributed by atoms with Crippen LogP contribution in [0.4, 0.5) is 5.95 Å². The Balaban J connectivity index is 1.29. The van der Waals surface area contributed by atoms with E-state index in [-0.39, 0.29) is 0 Å². The minimum absolute atomic E-state index is 0.481. The van der Waals surface area contributed by atoms with Gasteiger partial charge in [-0.3, -0.25) is 4.98 Å². The van der Waals surface area contributed by atoms with Gasteiger partial charge >= 0.3 is 0 Å². The zero-order valence-corrected chi connectivity index (χ0v) is 14.8. The highest BCUT2D eigenvalue weighted by Crippen LogP contribution is 2.45. The summed E-state index contributed by atoms with van der Waals surface area (Å²) in [4.78, 5) is 13.6. The number of pyridine rings is 2. The summed E-state index contributed by atoms with van der Waals surface area (Å²) < 4.78 is 1.87. The van der Waals surface area contributed by atoms with Gasteiger partial charge in [-0.2, -0.15) is 0 Å². The number of nitrogens with zero attached hydrogens (tertiary/aromatic N) is 5. The highest BCUT2D eigenvalue weighted by molar-refractivity contribution is 5.83. The molecule has 1 saturated heterocycles. The predicted molar refractivity (Wildman–Crippen MR) is 103 cm³/mol. The molecule has 0 radical (unpaired) electrons. The fourth-order valence-electron chi connectivity index (χ4n) is 4.33. The van der Waals surface area contributed by atoms with Crippen LogP contribution in [0.3, 0.4) is 0 Å². The highest BCUT2D eigenvalue weighted by Gasteiger charge is 2.48. The normalized spacial score (nSPS) is 18.5. The lowest BCUT2D eigenvalue weighted by molar-refractivity contribution is 0.0467. The molecule has 7 heteroatoms. The van der Waals surface area contributed by atoms with Crippen molar-refractivity contribution in [1.82, 2.24) is 29.9 Å². The average molecular weight is 357 g/mol. The van der Waals surface area contributed by atoms with Gasteiger partial charge in [-0.15, -0.1) is 5.10 Å². The van der Waals surface area contributed by atoms with E-state index in [0.29, 0.717) is 17.4 Å². The van der Waals surface area contributed by atoms with E-state index >= 15 is 0 Å². The summed E-state index contributed by atoms with van der Waals surface area (Å²) in [5.74, 6) is 0.687. The van der Waals surface area contributed by atoms with Gasteiger partial charge in [-0.1, -0.05) is 0 Å². The minimum Gasteiger partial charge on any atom is -0.350 e. The molecule has 0 bridgehead atoms. The SMILES string of the molecule is c1cnc2ccc(-c3ccn4nc(NC5CC6(CNC6)C5)ncc34)nc2c1. The number of hydrogen-bond acceptors (Lipinski definition) is 6. The molecule has 0 aromatic carbocycles. The highest BCUT2D eigenvalue weighted by atomic mass is 15.3. The van der Waals surface area contributed by atoms with Crippen LogP contribution in [0.2, 0.25) is 0 Å². The van der Waals surface area contributed by atoms with Gasteiger partial charge in [0.05, 0.1) is 28.4 Å². The van der Waals surface area contributed by atoms with Gasteiger partial charge in [0.25, 0.3) is 0 Å². The first kappa shape index (κ1) is 15.0. The van der Waals surface area contributed by atoms with Gasteiger partial charge < -0.3 is 10.6 Å². The van der Waals surface area contributed by atoms with Crippen LogP contribution in [0.5, 0.6) is 0 Å². The molecule has 2 N–H and O–H groups in total. The maximum absolute atomic E-state index is 4.74. The number of rotatable bonds is 3. The molecular weight excluding hydrogens is 338 g/mol. The molecule has 1 spiro atoms. The summed E-state index contributed by atoms with van der Waals surface area (Å²) in [7, 11) is 0. The second kappa shape index (κ2) is 5.47. The Kier molecular flexibility index (Phi) is 3.05. The number of nitrogens with one attached hydrogen (secondary N) is 2. The monoisotopic (exact) mass is 357 g/mol. The van der Waals surface area contributed by atoms with E-state index in [1.165, 1.54) is 12.8 Å². The molecule has 2 fully saturated rings. The predicted octanol–water partition coefficient (Wildman–Crippen LogP) is 2.50. The van der Waals surface area contributed by atoms with Crippen molar-refractivity contribution >= 4 is 22.5 Å². The van der Waals surface area contributed by atoms with E-state index in [2.05, 4.69) is 25.7 Å². The number of anilines is 1. The van der Waals surface area contributed by atoms with E-state index in [0.717, 1.165) is 40.9 Å². The van der Waals surface area contributed by atoms with Gasteiger partial charge in [0.15, 0.2) is 0 Å². The lowest BCUT2D eigenvalue weighted by atomic mass is 9.62. The summed E-state index contributed by atoms with van der Waals surface area (Å²) in [6.45, 7) is 2.31. The molecular formula is C20H19N7. The van der Waals surface area contributed by atoms with Gasteiger partial charge in [0.1, 0.15) is 0 Å². The van der Waals surface area contributed by atoms with Gasteiger partial charge in [0, 0.05) is 37.1 Å². The summed E-state index contributed by atoms with van der Waals surface area (Å²) in [6.07, 6.45) is 8.02. The van der Waals surface area contributed by atoms with Crippen molar-refractivity contribution in [1.29, 1.82) is 0 Å². The number of hydrogen-bond donors (Lipinski definition) is 2. The molecule has 2 aliphatic rings. The molecule has 0 amide bonds. The Bertz CT molecular complexity index is 1150. The van der Waals surface area contributed by atoms with Gasteiger partial charge in [-0.25, -0.2) is 14.5 Å². The maximum Gasteiger partial charge on any atom is 0.241 e. The van der Waals surface area contributed by atoms with Crippen LogP contribution in [-0.2, 0) is 0 Å². The van der Waals surface area contributed by atoms with Gasteiger partial charge in [0.2, 0.25) is 5.95 Å². The smallest absolute Gasteiger partial charge is 0.241 e. The zero-order chi connectivity index (χ0) is 17.8.